The molecule has 0 unspecified atom stereocenters. The Kier molecular flexibility index (Phi) is 15.1. The topological polar surface area (TPSA) is 76.1 Å². The van der Waals surface area contributed by atoms with E-state index in [4.69, 9.17) is 14.6 Å². The number of rotatable bonds is 19. The van der Waals surface area contributed by atoms with E-state index in [-0.39, 0.29) is 12.1 Å². The average molecular weight is 423 g/mol. The number of hydrogen-bond donors (Lipinski definition) is 1. The largest absolute Gasteiger partial charge is 0.481 e. The molecule has 0 bridgehead atoms. The van der Waals surface area contributed by atoms with Gasteiger partial charge in [-0.25, -0.2) is 0 Å². The minimum atomic E-state index is -0.688. The van der Waals surface area contributed by atoms with E-state index in [2.05, 4.69) is 26.0 Å². The number of aliphatic carboxylic acids is 1. The van der Waals surface area contributed by atoms with Gasteiger partial charge in [-0.15, -0.1) is 0 Å². The Bertz CT molecular complexity index is 546. The summed E-state index contributed by atoms with van der Waals surface area (Å²) in [6.45, 7) is 5.56. The summed E-state index contributed by atoms with van der Waals surface area (Å²) in [5.74, 6) is -0.783. The van der Waals surface area contributed by atoms with E-state index in [0.29, 0.717) is 19.4 Å². The van der Waals surface area contributed by atoms with Crippen molar-refractivity contribution < 1.29 is 24.2 Å². The Balaban J connectivity index is 1.92. The molecular weight excluding hydrogens is 380 g/mol. The molecule has 1 fully saturated rings. The SMILES string of the molecule is C/C(=C\CC/C=C(\C)CCCCCCC(=O)OC[C@H]1CO1)CCCCCCC(=O)O. The predicted molar refractivity (Wildman–Crippen MR) is 120 cm³/mol. The maximum atomic E-state index is 11.5. The third-order valence-corrected chi connectivity index (χ3v) is 5.40. The van der Waals surface area contributed by atoms with E-state index in [0.717, 1.165) is 77.2 Å². The molecule has 0 aromatic heterocycles. The van der Waals surface area contributed by atoms with Crippen LogP contribution in [-0.4, -0.2) is 36.4 Å². The van der Waals surface area contributed by atoms with Gasteiger partial charge in [0.25, 0.3) is 0 Å². The van der Waals surface area contributed by atoms with Crippen molar-refractivity contribution in [3.8, 4) is 0 Å². The molecule has 1 aliphatic rings. The minimum absolute atomic E-state index is 0.0943. The molecule has 172 valence electrons. The highest BCUT2D eigenvalue weighted by molar-refractivity contribution is 5.69. The van der Waals surface area contributed by atoms with Gasteiger partial charge in [-0.2, -0.15) is 0 Å². The number of carboxylic acids is 1. The number of hydrogen-bond acceptors (Lipinski definition) is 4. The molecule has 0 aromatic rings. The number of carbonyl (C=O) groups excluding carboxylic acids is 1. The molecule has 0 amide bonds. The summed E-state index contributed by atoms with van der Waals surface area (Å²) in [6.07, 6.45) is 18.6. The average Bonchev–Trinajstić information content (AvgIpc) is 3.53. The number of ether oxygens (including phenoxy) is 2. The maximum absolute atomic E-state index is 11.5. The highest BCUT2D eigenvalue weighted by Gasteiger charge is 2.23. The number of esters is 1. The number of carboxylic acid groups (broad SMARTS) is 1. The van der Waals surface area contributed by atoms with Crippen LogP contribution in [0.4, 0.5) is 0 Å². The Hall–Kier alpha value is -1.62. The van der Waals surface area contributed by atoms with Crippen LogP contribution in [0.15, 0.2) is 23.3 Å². The molecule has 0 spiro atoms. The van der Waals surface area contributed by atoms with Gasteiger partial charge in [0.15, 0.2) is 0 Å². The number of allylic oxidation sites excluding steroid dienone is 4. The Labute approximate surface area is 182 Å². The molecule has 1 N–H and O–H groups in total. The van der Waals surface area contributed by atoms with Gasteiger partial charge < -0.3 is 14.6 Å². The standard InChI is InChI=1S/C25H42O5/c1-21(13-7-3-5-9-17-24(26)27)15-11-12-16-22(2)14-8-4-6-10-18-25(28)30-20-23-19-29-23/h15-16,23H,3-14,17-20H2,1-2H3,(H,26,27)/b21-15+,22-16+/t23-/m1/s1. The van der Waals surface area contributed by atoms with E-state index >= 15 is 0 Å². The van der Waals surface area contributed by atoms with Crippen molar-refractivity contribution in [3.63, 3.8) is 0 Å². The lowest BCUT2D eigenvalue weighted by molar-refractivity contribution is -0.144. The first kappa shape index (κ1) is 26.4. The Morgan fingerprint density at radius 1 is 0.833 bits per heavy atom. The second-order valence-electron chi connectivity index (χ2n) is 8.54. The van der Waals surface area contributed by atoms with E-state index in [1.54, 1.807) is 0 Å². The van der Waals surface area contributed by atoms with Crippen LogP contribution in [0.5, 0.6) is 0 Å². The first-order chi connectivity index (χ1) is 14.5. The van der Waals surface area contributed by atoms with Crippen molar-refractivity contribution in [2.24, 2.45) is 0 Å². The molecule has 0 aromatic carbocycles. The molecule has 0 aliphatic carbocycles. The van der Waals surface area contributed by atoms with Gasteiger partial charge >= 0.3 is 11.9 Å². The summed E-state index contributed by atoms with van der Waals surface area (Å²) in [5, 5.41) is 8.62. The summed E-state index contributed by atoms with van der Waals surface area (Å²) in [5.41, 5.74) is 2.91. The quantitative estimate of drug-likeness (QED) is 0.113. The van der Waals surface area contributed by atoms with Crippen molar-refractivity contribution >= 4 is 11.9 Å². The highest BCUT2D eigenvalue weighted by Crippen LogP contribution is 2.15. The van der Waals surface area contributed by atoms with Gasteiger partial charge in [0.05, 0.1) is 6.61 Å². The van der Waals surface area contributed by atoms with E-state index < -0.39 is 5.97 Å². The minimum Gasteiger partial charge on any atom is -0.481 e. The third kappa shape index (κ3) is 17.3. The fourth-order valence-electron chi connectivity index (χ4n) is 3.35. The molecular formula is C25H42O5. The first-order valence-corrected chi connectivity index (χ1v) is 11.8. The summed E-state index contributed by atoms with van der Waals surface area (Å²) in [7, 11) is 0. The molecule has 1 rings (SSSR count). The fraction of sp³-hybridized carbons (Fsp3) is 0.760. The van der Waals surface area contributed by atoms with Crippen LogP contribution in [0, 0.1) is 0 Å². The van der Waals surface area contributed by atoms with Crippen LogP contribution < -0.4 is 0 Å². The van der Waals surface area contributed by atoms with Crippen LogP contribution >= 0.6 is 0 Å². The van der Waals surface area contributed by atoms with Crippen LogP contribution in [0.25, 0.3) is 0 Å². The van der Waals surface area contributed by atoms with Crippen LogP contribution in [0.1, 0.15) is 104 Å². The predicted octanol–water partition coefficient (Wildman–Crippen LogP) is 6.37. The van der Waals surface area contributed by atoms with Crippen molar-refractivity contribution in [2.45, 2.75) is 110 Å². The normalized spacial score (nSPS) is 16.5. The maximum Gasteiger partial charge on any atom is 0.305 e. The highest BCUT2D eigenvalue weighted by atomic mass is 16.6. The van der Waals surface area contributed by atoms with E-state index in [1.807, 2.05) is 0 Å². The first-order valence-electron chi connectivity index (χ1n) is 11.8. The van der Waals surface area contributed by atoms with Gasteiger partial charge in [0.1, 0.15) is 12.7 Å². The fourth-order valence-corrected chi connectivity index (χ4v) is 3.35. The molecule has 1 atom stereocenters. The lowest BCUT2D eigenvalue weighted by Gasteiger charge is -2.04. The van der Waals surface area contributed by atoms with Gasteiger partial charge in [-0.1, -0.05) is 49.0 Å². The van der Waals surface area contributed by atoms with Gasteiger partial charge in [-0.3, -0.25) is 9.59 Å². The number of epoxide rings is 1. The molecule has 1 heterocycles. The third-order valence-electron chi connectivity index (χ3n) is 5.40. The second kappa shape index (κ2) is 17.1. The number of unbranched alkanes of at least 4 members (excludes halogenated alkanes) is 7. The Morgan fingerprint density at radius 2 is 1.30 bits per heavy atom. The van der Waals surface area contributed by atoms with Crippen molar-refractivity contribution in [3.05, 3.63) is 23.3 Å². The van der Waals surface area contributed by atoms with Crippen molar-refractivity contribution in [2.75, 3.05) is 13.2 Å². The van der Waals surface area contributed by atoms with E-state index in [9.17, 15) is 9.59 Å². The smallest absolute Gasteiger partial charge is 0.305 e. The molecule has 1 aliphatic heterocycles. The monoisotopic (exact) mass is 422 g/mol. The zero-order chi connectivity index (χ0) is 22.0. The van der Waals surface area contributed by atoms with Crippen LogP contribution in [0.3, 0.4) is 0 Å². The zero-order valence-corrected chi connectivity index (χ0v) is 19.1. The molecule has 5 heteroatoms. The lowest BCUT2D eigenvalue weighted by atomic mass is 10.0. The summed E-state index contributed by atoms with van der Waals surface area (Å²) >= 11 is 0. The lowest BCUT2D eigenvalue weighted by Crippen LogP contribution is -2.09. The van der Waals surface area contributed by atoms with Gasteiger partial charge in [0.2, 0.25) is 0 Å². The zero-order valence-electron chi connectivity index (χ0n) is 19.1. The summed E-state index contributed by atoms with van der Waals surface area (Å²) in [6, 6.07) is 0. The molecule has 1 saturated heterocycles. The Morgan fingerprint density at radius 3 is 1.77 bits per heavy atom. The summed E-state index contributed by atoms with van der Waals surface area (Å²) < 4.78 is 10.1. The van der Waals surface area contributed by atoms with Gasteiger partial charge in [0, 0.05) is 12.8 Å². The second-order valence-corrected chi connectivity index (χ2v) is 8.54. The van der Waals surface area contributed by atoms with E-state index in [1.165, 1.54) is 17.6 Å². The van der Waals surface area contributed by atoms with Gasteiger partial charge in [-0.05, 0) is 65.2 Å². The van der Waals surface area contributed by atoms with Crippen LogP contribution in [0.2, 0.25) is 0 Å². The molecule has 0 saturated carbocycles. The van der Waals surface area contributed by atoms with Crippen LogP contribution in [-0.2, 0) is 19.1 Å². The molecule has 5 nitrogen and oxygen atoms in total. The summed E-state index contributed by atoms with van der Waals surface area (Å²) in [4.78, 5) is 22.0. The molecule has 0 radical (unpaired) electrons. The van der Waals surface area contributed by atoms with Crippen molar-refractivity contribution in [1.29, 1.82) is 0 Å². The molecule has 30 heavy (non-hydrogen) atoms. The van der Waals surface area contributed by atoms with Crippen molar-refractivity contribution in [1.82, 2.24) is 0 Å². The number of carbonyl (C=O) groups is 2.